The molecule has 0 bridgehead atoms. The fraction of sp³-hybridized carbons (Fsp3) is 0.333. The predicted molar refractivity (Wildman–Crippen MR) is 57.7 cm³/mol. The van der Waals surface area contributed by atoms with Gasteiger partial charge in [0, 0.05) is 6.42 Å². The number of ether oxygens (including phenoxy) is 1. The van der Waals surface area contributed by atoms with Gasteiger partial charge in [-0.1, -0.05) is 0 Å². The number of nitrogens with one attached hydrogen (secondary N) is 1. The van der Waals surface area contributed by atoms with Crippen LogP contribution in [0.15, 0.2) is 6.07 Å². The molecule has 1 aliphatic rings. The van der Waals surface area contributed by atoms with Crippen LogP contribution in [-0.4, -0.2) is 24.5 Å². The molecule has 108 valence electrons. The number of rotatable bonds is 3. The number of halogens is 4. The summed E-state index contributed by atoms with van der Waals surface area (Å²) in [6, 6.07) is 0.268. The third-order valence-corrected chi connectivity index (χ3v) is 2.81. The van der Waals surface area contributed by atoms with Gasteiger partial charge in [0.1, 0.15) is 6.10 Å². The van der Waals surface area contributed by atoms with E-state index in [2.05, 4.69) is 5.32 Å². The van der Waals surface area contributed by atoms with E-state index in [1.807, 2.05) is 0 Å². The molecule has 1 saturated heterocycles. The minimum absolute atomic E-state index is 0.120. The van der Waals surface area contributed by atoms with Crippen molar-refractivity contribution in [1.82, 2.24) is 5.32 Å². The second-order valence-corrected chi connectivity index (χ2v) is 4.21. The zero-order chi connectivity index (χ0) is 14.9. The number of hydrogen-bond donors (Lipinski definition) is 1. The number of hydrogen-bond acceptors (Lipinski definition) is 3. The molecule has 0 saturated carbocycles. The van der Waals surface area contributed by atoms with Gasteiger partial charge in [-0.2, -0.15) is 0 Å². The zero-order valence-electron chi connectivity index (χ0n) is 10.0. The minimum Gasteiger partial charge on any atom is -0.460 e. The fourth-order valence-corrected chi connectivity index (χ4v) is 1.77. The van der Waals surface area contributed by atoms with E-state index in [4.69, 9.17) is 4.74 Å². The molecule has 2 rings (SSSR count). The average Bonchev–Trinajstić information content (AvgIpc) is 2.83. The molecule has 0 aliphatic carbocycles. The second-order valence-electron chi connectivity index (χ2n) is 4.21. The van der Waals surface area contributed by atoms with E-state index < -0.39 is 46.8 Å². The summed E-state index contributed by atoms with van der Waals surface area (Å²) >= 11 is 0. The van der Waals surface area contributed by atoms with Crippen molar-refractivity contribution in [3.8, 4) is 0 Å². The molecule has 1 amide bonds. The van der Waals surface area contributed by atoms with Gasteiger partial charge in [-0.15, -0.1) is 0 Å². The van der Waals surface area contributed by atoms with Gasteiger partial charge in [-0.3, -0.25) is 9.59 Å². The Balaban J connectivity index is 2.08. The molecule has 4 nitrogen and oxygen atoms in total. The average molecular weight is 291 g/mol. The Morgan fingerprint density at radius 2 is 1.95 bits per heavy atom. The van der Waals surface area contributed by atoms with Crippen LogP contribution in [0.4, 0.5) is 17.6 Å². The number of amides is 1. The lowest BCUT2D eigenvalue weighted by Crippen LogP contribution is -2.32. The first-order chi connectivity index (χ1) is 9.40. The monoisotopic (exact) mass is 291 g/mol. The molecule has 1 heterocycles. The first-order valence-electron chi connectivity index (χ1n) is 5.70. The maximum Gasteiger partial charge on any atom is 0.306 e. The summed E-state index contributed by atoms with van der Waals surface area (Å²) in [6.07, 6.45) is 0.0206. The minimum atomic E-state index is -2.05. The smallest absolute Gasteiger partial charge is 0.306 e. The Hall–Kier alpha value is -2.12. The Morgan fingerprint density at radius 1 is 1.25 bits per heavy atom. The number of cyclic esters (lactones) is 1. The van der Waals surface area contributed by atoms with E-state index in [-0.39, 0.29) is 19.0 Å². The third kappa shape index (κ3) is 2.73. The van der Waals surface area contributed by atoms with Crippen molar-refractivity contribution >= 4 is 11.9 Å². The van der Waals surface area contributed by atoms with Crippen LogP contribution in [0.5, 0.6) is 0 Å². The van der Waals surface area contributed by atoms with Gasteiger partial charge >= 0.3 is 5.97 Å². The fourth-order valence-electron chi connectivity index (χ4n) is 1.77. The first kappa shape index (κ1) is 14.3. The van der Waals surface area contributed by atoms with Crippen molar-refractivity contribution in [3.05, 3.63) is 34.9 Å². The lowest BCUT2D eigenvalue weighted by Gasteiger charge is -2.11. The molecule has 0 radical (unpaired) electrons. The summed E-state index contributed by atoms with van der Waals surface area (Å²) < 4.78 is 56.8. The first-order valence-corrected chi connectivity index (χ1v) is 5.70. The molecule has 8 heteroatoms. The second kappa shape index (κ2) is 5.48. The van der Waals surface area contributed by atoms with E-state index >= 15 is 0 Å². The maximum atomic E-state index is 13.3. The predicted octanol–water partition coefficient (Wildman–Crippen LogP) is 1.68. The summed E-state index contributed by atoms with van der Waals surface area (Å²) in [4.78, 5) is 22.4. The molecular formula is C12H9F4NO3. The van der Waals surface area contributed by atoms with E-state index in [0.29, 0.717) is 6.42 Å². The maximum absolute atomic E-state index is 13.3. The highest BCUT2D eigenvalue weighted by Gasteiger charge is 2.26. The number of carbonyl (C=O) groups excluding carboxylic acids is 2. The summed E-state index contributed by atoms with van der Waals surface area (Å²) in [6.45, 7) is -0.120. The van der Waals surface area contributed by atoms with E-state index in [9.17, 15) is 27.2 Å². The van der Waals surface area contributed by atoms with Crippen molar-refractivity contribution in [3.63, 3.8) is 0 Å². The topological polar surface area (TPSA) is 55.4 Å². The van der Waals surface area contributed by atoms with Crippen molar-refractivity contribution in [1.29, 1.82) is 0 Å². The van der Waals surface area contributed by atoms with Gasteiger partial charge in [0.25, 0.3) is 5.91 Å². The highest BCUT2D eigenvalue weighted by molar-refractivity contribution is 5.94. The van der Waals surface area contributed by atoms with Gasteiger partial charge in [0.15, 0.2) is 23.3 Å². The van der Waals surface area contributed by atoms with Crippen molar-refractivity contribution in [2.24, 2.45) is 0 Å². The molecule has 20 heavy (non-hydrogen) atoms. The van der Waals surface area contributed by atoms with Crippen LogP contribution >= 0.6 is 0 Å². The lowest BCUT2D eigenvalue weighted by molar-refractivity contribution is -0.141. The standard InChI is InChI=1S/C12H9F4NO3/c13-7-3-6(9(14)11(16)10(7)15)12(19)17-4-5-1-2-8(18)20-5/h3,5H,1-2,4H2,(H,17,19). The highest BCUT2D eigenvalue weighted by Crippen LogP contribution is 2.19. The van der Waals surface area contributed by atoms with Gasteiger partial charge in [-0.05, 0) is 12.5 Å². The van der Waals surface area contributed by atoms with Crippen molar-refractivity contribution < 1.29 is 31.9 Å². The molecular weight excluding hydrogens is 282 g/mol. The summed E-state index contributed by atoms with van der Waals surface area (Å²) in [7, 11) is 0. The molecule has 0 aromatic heterocycles. The van der Waals surface area contributed by atoms with Gasteiger partial charge < -0.3 is 10.1 Å². The molecule has 1 unspecified atom stereocenters. The molecule has 1 atom stereocenters. The number of benzene rings is 1. The molecule has 1 aromatic rings. The zero-order valence-corrected chi connectivity index (χ0v) is 10.0. The normalized spacial score (nSPS) is 18.0. The molecule has 1 aromatic carbocycles. The van der Waals surface area contributed by atoms with Crippen molar-refractivity contribution in [2.75, 3.05) is 6.54 Å². The van der Waals surface area contributed by atoms with Crippen LogP contribution in [0.25, 0.3) is 0 Å². The van der Waals surface area contributed by atoms with E-state index in [0.717, 1.165) is 0 Å². The van der Waals surface area contributed by atoms with Crippen LogP contribution in [0.1, 0.15) is 23.2 Å². The van der Waals surface area contributed by atoms with Gasteiger partial charge in [-0.25, -0.2) is 17.6 Å². The number of esters is 1. The van der Waals surface area contributed by atoms with Gasteiger partial charge in [0.05, 0.1) is 12.1 Å². The Labute approximate surface area is 110 Å². The summed E-state index contributed by atoms with van der Waals surface area (Å²) in [5.41, 5.74) is -0.953. The van der Waals surface area contributed by atoms with Crippen LogP contribution in [0.2, 0.25) is 0 Å². The Morgan fingerprint density at radius 3 is 2.55 bits per heavy atom. The third-order valence-electron chi connectivity index (χ3n) is 2.81. The van der Waals surface area contributed by atoms with Crippen LogP contribution < -0.4 is 5.32 Å². The van der Waals surface area contributed by atoms with Crippen LogP contribution in [0, 0.1) is 23.3 Å². The van der Waals surface area contributed by atoms with Gasteiger partial charge in [0.2, 0.25) is 0 Å². The Kier molecular flexibility index (Phi) is 3.91. The largest absolute Gasteiger partial charge is 0.460 e. The molecule has 0 spiro atoms. The number of carbonyl (C=O) groups is 2. The van der Waals surface area contributed by atoms with Crippen molar-refractivity contribution in [2.45, 2.75) is 18.9 Å². The van der Waals surface area contributed by atoms with E-state index in [1.165, 1.54) is 0 Å². The lowest BCUT2D eigenvalue weighted by atomic mass is 10.1. The summed E-state index contributed by atoms with van der Waals surface area (Å²) in [5.74, 6) is -9.02. The molecule has 1 N–H and O–H groups in total. The van der Waals surface area contributed by atoms with Crippen LogP contribution in [0.3, 0.4) is 0 Å². The summed E-state index contributed by atoms with van der Waals surface area (Å²) in [5, 5.41) is 2.16. The SMILES string of the molecule is O=C1CCC(CNC(=O)c2cc(F)c(F)c(F)c2F)O1. The quantitative estimate of drug-likeness (QED) is 0.399. The van der Waals surface area contributed by atoms with Crippen LogP contribution in [-0.2, 0) is 9.53 Å². The Bertz CT molecular complexity index is 576. The molecule has 1 aliphatic heterocycles. The highest BCUT2D eigenvalue weighted by atomic mass is 19.2. The van der Waals surface area contributed by atoms with E-state index in [1.54, 1.807) is 0 Å². The molecule has 1 fully saturated rings.